The van der Waals surface area contributed by atoms with E-state index in [9.17, 15) is 4.79 Å². The number of unbranched alkanes of at least 4 members (excludes halogenated alkanes) is 2. The van der Waals surface area contributed by atoms with Gasteiger partial charge in [0.1, 0.15) is 0 Å². The quantitative estimate of drug-likeness (QED) is 0.369. The van der Waals surface area contributed by atoms with Gasteiger partial charge in [0.05, 0.1) is 0 Å². The van der Waals surface area contributed by atoms with Crippen LogP contribution in [0.25, 0.3) is 0 Å². The van der Waals surface area contributed by atoms with E-state index in [4.69, 9.17) is 3.07 Å². The minimum atomic E-state index is -2.02. The van der Waals surface area contributed by atoms with Crippen LogP contribution in [-0.2, 0) is 7.87 Å². The van der Waals surface area contributed by atoms with E-state index < -0.39 is 20.2 Å². The third-order valence-corrected chi connectivity index (χ3v) is 10.5. The van der Waals surface area contributed by atoms with Crippen LogP contribution in [0.2, 0.25) is 8.87 Å². The Morgan fingerprint density at radius 3 is 2.06 bits per heavy atom. The molecule has 16 heavy (non-hydrogen) atoms. The molecule has 0 aliphatic rings. The molecule has 0 radical (unpaired) electrons. The van der Waals surface area contributed by atoms with E-state index in [1.54, 1.807) is 0 Å². The standard InChI is InChI=1S/2C4H9.C3H6O2S2.Sn.H/c2*1-3-4-2;4-2(5)1-3(6)7;;/h2*1,3-4H2,2H3;3,6-7H,1H2,(H,4,5);;/q;;;+1;/p-1. The van der Waals surface area contributed by atoms with Gasteiger partial charge in [0.15, 0.2) is 0 Å². The van der Waals surface area contributed by atoms with Crippen molar-refractivity contribution >= 4 is 51.4 Å². The summed E-state index contributed by atoms with van der Waals surface area (Å²) < 4.78 is 7.83. The van der Waals surface area contributed by atoms with Gasteiger partial charge < -0.3 is 0 Å². The number of carbonyl (C=O) groups is 1. The zero-order valence-electron chi connectivity index (χ0n) is 10.3. The normalized spacial score (nSPS) is 11.1. The topological polar surface area (TPSA) is 26.3 Å². The average Bonchev–Trinajstić information content (AvgIpc) is 2.20. The monoisotopic (exact) mass is 372 g/mol. The van der Waals surface area contributed by atoms with Crippen molar-refractivity contribution in [1.29, 1.82) is 0 Å². The van der Waals surface area contributed by atoms with Crippen LogP contribution in [0.4, 0.5) is 0 Å². The summed E-state index contributed by atoms with van der Waals surface area (Å²) in [6.07, 6.45) is 5.14. The second kappa shape index (κ2) is 11.1. The SMILES string of the molecule is CCC[CH2][SnH]([CH2]CCC)[O]C(=O)CC(S)S. The summed E-state index contributed by atoms with van der Waals surface area (Å²) in [7, 11) is 0. The third-order valence-electron chi connectivity index (χ3n) is 2.41. The van der Waals surface area contributed by atoms with Crippen molar-refractivity contribution in [2.75, 3.05) is 0 Å². The van der Waals surface area contributed by atoms with Gasteiger partial charge in [0.2, 0.25) is 0 Å². The molecule has 0 aromatic rings. The molecule has 0 atom stereocenters. The summed E-state index contributed by atoms with van der Waals surface area (Å²) in [4.78, 5) is 11.5. The molecule has 0 aromatic heterocycles. The molecule has 0 bridgehead atoms. The first-order valence-electron chi connectivity index (χ1n) is 6.15. The molecule has 0 rings (SSSR count). The van der Waals surface area contributed by atoms with E-state index >= 15 is 0 Å². The second-order valence-electron chi connectivity index (χ2n) is 4.08. The van der Waals surface area contributed by atoms with E-state index in [1.165, 1.54) is 34.6 Å². The Morgan fingerprint density at radius 1 is 1.19 bits per heavy atom. The molecule has 0 saturated heterocycles. The Morgan fingerprint density at radius 2 is 1.69 bits per heavy atom. The summed E-state index contributed by atoms with van der Waals surface area (Å²) in [6.45, 7) is 4.37. The first-order valence-corrected chi connectivity index (χ1v) is 13.2. The Bertz CT molecular complexity index is 181. The van der Waals surface area contributed by atoms with E-state index in [1.807, 2.05) is 0 Å². The van der Waals surface area contributed by atoms with Crippen LogP contribution in [0, 0.1) is 0 Å². The molecule has 0 N–H and O–H groups in total. The molecule has 0 spiro atoms. The van der Waals surface area contributed by atoms with Crippen molar-refractivity contribution in [3.05, 3.63) is 0 Å². The van der Waals surface area contributed by atoms with Gasteiger partial charge in [-0.1, -0.05) is 0 Å². The minimum absolute atomic E-state index is 0.0805. The summed E-state index contributed by atoms with van der Waals surface area (Å²) in [5.74, 6) is -0.0805. The molecule has 5 heteroatoms. The zero-order chi connectivity index (χ0) is 12.4. The van der Waals surface area contributed by atoms with Crippen molar-refractivity contribution in [3.8, 4) is 0 Å². The molecule has 0 aliphatic heterocycles. The van der Waals surface area contributed by atoms with E-state index in [0.717, 1.165) is 0 Å². The van der Waals surface area contributed by atoms with Gasteiger partial charge in [-0.05, 0) is 0 Å². The van der Waals surface area contributed by atoms with Gasteiger partial charge in [0, 0.05) is 0 Å². The van der Waals surface area contributed by atoms with Crippen LogP contribution in [0.15, 0.2) is 0 Å². The van der Waals surface area contributed by atoms with E-state index in [2.05, 4.69) is 39.1 Å². The Hall–Kier alpha value is 0.969. The molecule has 0 heterocycles. The Kier molecular flexibility index (Phi) is 11.8. The average molecular weight is 371 g/mol. The van der Waals surface area contributed by atoms with Gasteiger partial charge in [-0.15, -0.1) is 0 Å². The number of thiol groups is 2. The molecular formula is C11H24O2S2Sn. The van der Waals surface area contributed by atoms with Crippen molar-refractivity contribution in [2.45, 2.75) is 59.4 Å². The number of rotatable bonds is 9. The molecule has 0 fully saturated rings. The Labute approximate surface area is 118 Å². The summed E-state index contributed by atoms with van der Waals surface area (Å²) >= 11 is 6.16. The first kappa shape index (κ1) is 17.0. The second-order valence-corrected chi connectivity index (χ2v) is 13.3. The molecule has 0 aromatic carbocycles. The van der Waals surface area contributed by atoms with E-state index in [0.29, 0.717) is 6.42 Å². The van der Waals surface area contributed by atoms with Gasteiger partial charge in [0.25, 0.3) is 0 Å². The van der Waals surface area contributed by atoms with Gasteiger partial charge >= 0.3 is 119 Å². The fourth-order valence-corrected chi connectivity index (χ4v) is 9.57. The van der Waals surface area contributed by atoms with Crippen LogP contribution >= 0.6 is 25.3 Å². The van der Waals surface area contributed by atoms with Crippen molar-refractivity contribution in [3.63, 3.8) is 0 Å². The van der Waals surface area contributed by atoms with Crippen LogP contribution in [0.5, 0.6) is 0 Å². The summed E-state index contributed by atoms with van der Waals surface area (Å²) in [6, 6.07) is 0. The zero-order valence-corrected chi connectivity index (χ0v) is 15.4. The fourth-order valence-electron chi connectivity index (χ4n) is 1.51. The molecule has 0 amide bonds. The molecular weight excluding hydrogens is 347 g/mol. The summed E-state index contributed by atoms with van der Waals surface area (Å²) in [5.41, 5.74) is 0. The van der Waals surface area contributed by atoms with Gasteiger partial charge in [-0.2, -0.15) is 0 Å². The van der Waals surface area contributed by atoms with Gasteiger partial charge in [-0.25, -0.2) is 0 Å². The maximum atomic E-state index is 11.5. The third kappa shape index (κ3) is 10.1. The van der Waals surface area contributed by atoms with Gasteiger partial charge in [-0.3, -0.25) is 0 Å². The predicted molar refractivity (Wildman–Crippen MR) is 79.0 cm³/mol. The fraction of sp³-hybridized carbons (Fsp3) is 0.909. The van der Waals surface area contributed by atoms with E-state index in [-0.39, 0.29) is 10.6 Å². The van der Waals surface area contributed by atoms with Crippen molar-refractivity contribution < 1.29 is 7.87 Å². The van der Waals surface area contributed by atoms with Crippen LogP contribution in [-0.4, -0.2) is 30.7 Å². The number of hydrogen-bond acceptors (Lipinski definition) is 4. The van der Waals surface area contributed by atoms with Crippen molar-refractivity contribution in [1.82, 2.24) is 0 Å². The molecule has 0 unspecified atom stereocenters. The maximum absolute atomic E-state index is 11.5. The van der Waals surface area contributed by atoms with Crippen LogP contribution in [0.1, 0.15) is 46.0 Å². The summed E-state index contributed by atoms with van der Waals surface area (Å²) in [5, 5.41) is 0. The molecule has 2 nitrogen and oxygen atoms in total. The molecule has 96 valence electrons. The van der Waals surface area contributed by atoms with Crippen LogP contribution in [0.3, 0.4) is 0 Å². The number of carbonyl (C=O) groups excluding carboxylic acids is 1. The first-order chi connectivity index (χ1) is 7.60. The Balaban J connectivity index is 3.92. The van der Waals surface area contributed by atoms with Crippen LogP contribution < -0.4 is 0 Å². The predicted octanol–water partition coefficient (Wildman–Crippen LogP) is 3.43. The molecule has 0 aliphatic carbocycles. The number of hydrogen-bond donors (Lipinski definition) is 2. The molecule has 0 saturated carbocycles. The van der Waals surface area contributed by atoms with Crippen molar-refractivity contribution in [2.24, 2.45) is 0 Å².